The summed E-state index contributed by atoms with van der Waals surface area (Å²) in [5.41, 5.74) is 0. The highest BCUT2D eigenvalue weighted by Gasteiger charge is 2.33. The predicted molar refractivity (Wildman–Crippen MR) is 75.5 cm³/mol. The number of amides is 1. The smallest absolute Gasteiger partial charge is 0.305 e. The summed E-state index contributed by atoms with van der Waals surface area (Å²) in [5.74, 6) is -0.833. The van der Waals surface area contributed by atoms with Crippen LogP contribution in [0.25, 0.3) is 0 Å². The van der Waals surface area contributed by atoms with Crippen LogP contribution in [0, 0.1) is 5.92 Å². The number of carbonyl (C=O) groups excluding carboxylic acids is 1. The van der Waals surface area contributed by atoms with E-state index in [4.69, 9.17) is 9.84 Å². The van der Waals surface area contributed by atoms with E-state index in [9.17, 15) is 9.59 Å². The molecule has 1 rings (SSSR count). The normalized spacial score (nSPS) is 25.4. The Morgan fingerprint density at radius 1 is 1.30 bits per heavy atom. The second-order valence-electron chi connectivity index (χ2n) is 5.83. The van der Waals surface area contributed by atoms with E-state index in [1.165, 1.54) is 0 Å². The Kier molecular flexibility index (Phi) is 6.42. The van der Waals surface area contributed by atoms with Gasteiger partial charge in [0.15, 0.2) is 0 Å². The minimum Gasteiger partial charge on any atom is -0.481 e. The van der Waals surface area contributed by atoms with Gasteiger partial charge in [-0.2, -0.15) is 0 Å². The first-order chi connectivity index (χ1) is 9.31. The molecule has 2 N–H and O–H groups in total. The second-order valence-corrected chi connectivity index (χ2v) is 5.83. The van der Waals surface area contributed by atoms with Crippen molar-refractivity contribution < 1.29 is 19.4 Å². The van der Waals surface area contributed by atoms with Gasteiger partial charge < -0.3 is 15.2 Å². The van der Waals surface area contributed by atoms with Gasteiger partial charge in [0.05, 0.1) is 24.7 Å². The van der Waals surface area contributed by atoms with E-state index in [-0.39, 0.29) is 43.0 Å². The predicted octanol–water partition coefficient (Wildman–Crippen LogP) is 0.711. The Bertz CT molecular complexity index is 336. The molecule has 116 valence electrons. The lowest BCUT2D eigenvalue weighted by molar-refractivity contribution is -0.137. The monoisotopic (exact) mass is 286 g/mol. The summed E-state index contributed by atoms with van der Waals surface area (Å²) < 4.78 is 5.69. The molecular weight excluding hydrogens is 260 g/mol. The zero-order chi connectivity index (χ0) is 15.3. The van der Waals surface area contributed by atoms with E-state index in [2.05, 4.69) is 10.2 Å². The minimum absolute atomic E-state index is 0.0491. The molecular formula is C14H26N2O4. The lowest BCUT2D eigenvalue weighted by atomic mass is 9.99. The molecule has 6 heteroatoms. The average molecular weight is 286 g/mol. The van der Waals surface area contributed by atoms with E-state index < -0.39 is 5.97 Å². The average Bonchev–Trinajstić information content (AvgIpc) is 2.26. The first kappa shape index (κ1) is 16.9. The van der Waals surface area contributed by atoms with Gasteiger partial charge in [0, 0.05) is 19.6 Å². The Hall–Kier alpha value is -1.14. The van der Waals surface area contributed by atoms with Gasteiger partial charge >= 0.3 is 5.97 Å². The summed E-state index contributed by atoms with van der Waals surface area (Å²) in [6, 6.07) is -0.238. The van der Waals surface area contributed by atoms with Crippen LogP contribution < -0.4 is 5.32 Å². The molecule has 6 nitrogen and oxygen atoms in total. The lowest BCUT2D eigenvalue weighted by Crippen LogP contribution is -2.57. The minimum atomic E-state index is -0.903. The second kappa shape index (κ2) is 7.59. The van der Waals surface area contributed by atoms with Crippen molar-refractivity contribution in [2.24, 2.45) is 5.92 Å². The first-order valence-corrected chi connectivity index (χ1v) is 7.20. The Balaban J connectivity index is 2.63. The van der Waals surface area contributed by atoms with Crippen LogP contribution in [0.3, 0.4) is 0 Å². The SMILES string of the molecule is CC(C)[C@H](C(=O)NCCC(=O)O)N1C[C@@H](C)O[C@H](C)C1. The van der Waals surface area contributed by atoms with Crippen LogP contribution in [0.1, 0.15) is 34.1 Å². The molecule has 1 aliphatic heterocycles. The molecule has 3 atom stereocenters. The first-order valence-electron chi connectivity index (χ1n) is 7.20. The molecule has 0 aromatic rings. The van der Waals surface area contributed by atoms with Crippen LogP contribution in [-0.2, 0) is 14.3 Å². The van der Waals surface area contributed by atoms with Gasteiger partial charge in [-0.25, -0.2) is 0 Å². The molecule has 0 unspecified atom stereocenters. The molecule has 1 fully saturated rings. The van der Waals surface area contributed by atoms with Crippen LogP contribution in [0.2, 0.25) is 0 Å². The van der Waals surface area contributed by atoms with Gasteiger partial charge in [0.2, 0.25) is 5.91 Å². The third-order valence-electron chi connectivity index (χ3n) is 3.38. The third-order valence-corrected chi connectivity index (χ3v) is 3.38. The summed E-state index contributed by atoms with van der Waals surface area (Å²) in [6.07, 6.45) is 0.158. The maximum absolute atomic E-state index is 12.3. The van der Waals surface area contributed by atoms with Crippen molar-refractivity contribution in [2.45, 2.75) is 52.4 Å². The van der Waals surface area contributed by atoms with Crippen LogP contribution >= 0.6 is 0 Å². The lowest BCUT2D eigenvalue weighted by Gasteiger charge is -2.41. The quantitative estimate of drug-likeness (QED) is 0.752. The van der Waals surface area contributed by atoms with Gasteiger partial charge in [-0.15, -0.1) is 0 Å². The number of ether oxygens (including phenoxy) is 1. The van der Waals surface area contributed by atoms with Crippen LogP contribution in [0.4, 0.5) is 0 Å². The molecule has 0 bridgehead atoms. The van der Waals surface area contributed by atoms with Crippen LogP contribution in [-0.4, -0.2) is 59.8 Å². The highest BCUT2D eigenvalue weighted by molar-refractivity contribution is 5.82. The van der Waals surface area contributed by atoms with Gasteiger partial charge in [-0.05, 0) is 19.8 Å². The van der Waals surface area contributed by atoms with Crippen molar-refractivity contribution in [1.82, 2.24) is 10.2 Å². The number of carboxylic acid groups (broad SMARTS) is 1. The highest BCUT2D eigenvalue weighted by atomic mass is 16.5. The Morgan fingerprint density at radius 3 is 2.30 bits per heavy atom. The summed E-state index contributed by atoms with van der Waals surface area (Å²) in [6.45, 7) is 9.63. The van der Waals surface area contributed by atoms with Crippen molar-refractivity contribution in [3.05, 3.63) is 0 Å². The maximum Gasteiger partial charge on any atom is 0.305 e. The molecule has 1 amide bonds. The fourth-order valence-electron chi connectivity index (χ4n) is 2.73. The summed E-state index contributed by atoms with van der Waals surface area (Å²) in [7, 11) is 0. The number of carboxylic acids is 1. The van der Waals surface area contributed by atoms with Crippen molar-refractivity contribution in [2.75, 3.05) is 19.6 Å². The summed E-state index contributed by atoms with van der Waals surface area (Å²) >= 11 is 0. The van der Waals surface area contributed by atoms with Gasteiger partial charge in [0.25, 0.3) is 0 Å². The van der Waals surface area contributed by atoms with E-state index >= 15 is 0 Å². The number of nitrogens with one attached hydrogen (secondary N) is 1. The number of aliphatic carboxylic acids is 1. The Morgan fingerprint density at radius 2 is 1.85 bits per heavy atom. The van der Waals surface area contributed by atoms with Crippen molar-refractivity contribution >= 4 is 11.9 Å². The molecule has 1 saturated heterocycles. The molecule has 0 aromatic carbocycles. The number of hydrogen-bond acceptors (Lipinski definition) is 4. The fourth-order valence-corrected chi connectivity index (χ4v) is 2.73. The van der Waals surface area contributed by atoms with Gasteiger partial charge in [-0.3, -0.25) is 14.5 Å². The molecule has 20 heavy (non-hydrogen) atoms. The Labute approximate surface area is 120 Å². The maximum atomic E-state index is 12.3. The van der Waals surface area contributed by atoms with Crippen LogP contribution in [0.15, 0.2) is 0 Å². The zero-order valence-electron chi connectivity index (χ0n) is 12.8. The topological polar surface area (TPSA) is 78.9 Å². The summed E-state index contributed by atoms with van der Waals surface area (Å²) in [4.78, 5) is 24.9. The van der Waals surface area contributed by atoms with Gasteiger partial charge in [-0.1, -0.05) is 13.8 Å². The largest absolute Gasteiger partial charge is 0.481 e. The fraction of sp³-hybridized carbons (Fsp3) is 0.857. The zero-order valence-corrected chi connectivity index (χ0v) is 12.8. The number of carbonyl (C=O) groups is 2. The molecule has 0 aliphatic carbocycles. The van der Waals surface area contributed by atoms with Crippen molar-refractivity contribution in [1.29, 1.82) is 0 Å². The van der Waals surface area contributed by atoms with Crippen LogP contribution in [0.5, 0.6) is 0 Å². The molecule has 0 spiro atoms. The van der Waals surface area contributed by atoms with Crippen molar-refractivity contribution in [3.63, 3.8) is 0 Å². The molecule has 0 saturated carbocycles. The molecule has 1 heterocycles. The number of nitrogens with zero attached hydrogens (tertiary/aromatic N) is 1. The number of morpholine rings is 1. The molecule has 0 aromatic heterocycles. The third kappa shape index (κ3) is 5.09. The number of hydrogen-bond donors (Lipinski definition) is 2. The van der Waals surface area contributed by atoms with E-state index in [1.807, 2.05) is 27.7 Å². The van der Waals surface area contributed by atoms with Gasteiger partial charge in [0.1, 0.15) is 0 Å². The molecule has 0 radical (unpaired) electrons. The van der Waals surface area contributed by atoms with E-state index in [0.29, 0.717) is 0 Å². The highest BCUT2D eigenvalue weighted by Crippen LogP contribution is 2.18. The van der Waals surface area contributed by atoms with Crippen molar-refractivity contribution in [3.8, 4) is 0 Å². The molecule has 1 aliphatic rings. The standard InChI is InChI=1S/C14H26N2O4/c1-9(2)13(14(19)15-6-5-12(17)18)16-7-10(3)20-11(4)8-16/h9-11,13H,5-8H2,1-4H3,(H,15,19)(H,17,18)/t10-,11-,13-/m1/s1. The van der Waals surface area contributed by atoms with E-state index in [1.54, 1.807) is 0 Å². The number of rotatable bonds is 6. The summed E-state index contributed by atoms with van der Waals surface area (Å²) in [5, 5.41) is 11.3. The van der Waals surface area contributed by atoms with E-state index in [0.717, 1.165) is 13.1 Å².